The standard InChI is InChI=1S/C8H7NO3/c1-6-2-4-7(5-3-6)8(10)12-9-11/h2-5H,1H3. The topological polar surface area (TPSA) is 55.7 Å². The Morgan fingerprint density at radius 1 is 1.33 bits per heavy atom. The molecular weight excluding hydrogens is 158 g/mol. The molecule has 0 N–H and O–H groups in total. The Morgan fingerprint density at radius 3 is 2.42 bits per heavy atom. The highest BCUT2D eigenvalue weighted by atomic mass is 16.7. The minimum atomic E-state index is -0.731. The van der Waals surface area contributed by atoms with Crippen LogP contribution in [0.4, 0.5) is 0 Å². The van der Waals surface area contributed by atoms with Gasteiger partial charge in [-0.1, -0.05) is 17.7 Å². The number of benzene rings is 1. The van der Waals surface area contributed by atoms with Crippen LogP contribution in [0.25, 0.3) is 0 Å². The van der Waals surface area contributed by atoms with E-state index in [0.29, 0.717) is 5.56 Å². The van der Waals surface area contributed by atoms with Crippen molar-refractivity contribution in [1.82, 2.24) is 0 Å². The smallest absolute Gasteiger partial charge is 0.279 e. The number of hydrogen-bond donors (Lipinski definition) is 0. The third-order valence-corrected chi connectivity index (χ3v) is 1.41. The van der Waals surface area contributed by atoms with Crippen LogP contribution in [0.15, 0.2) is 29.6 Å². The zero-order valence-electron chi connectivity index (χ0n) is 6.48. The number of nitrogens with zero attached hydrogens (tertiary/aromatic N) is 1. The van der Waals surface area contributed by atoms with Crippen molar-refractivity contribution in [3.8, 4) is 0 Å². The van der Waals surface area contributed by atoms with Crippen LogP contribution in [0, 0.1) is 11.8 Å². The summed E-state index contributed by atoms with van der Waals surface area (Å²) in [6, 6.07) is 6.65. The molecule has 0 saturated heterocycles. The lowest BCUT2D eigenvalue weighted by Gasteiger charge is -1.95. The van der Waals surface area contributed by atoms with Gasteiger partial charge in [0.05, 0.1) is 5.56 Å². The molecule has 0 unspecified atom stereocenters. The molecule has 0 fully saturated rings. The second-order valence-corrected chi connectivity index (χ2v) is 2.32. The van der Waals surface area contributed by atoms with Gasteiger partial charge >= 0.3 is 5.97 Å². The molecule has 0 bridgehead atoms. The molecule has 0 aliphatic carbocycles. The minimum absolute atomic E-state index is 0.320. The van der Waals surface area contributed by atoms with Gasteiger partial charge in [-0.3, -0.25) is 4.84 Å². The molecule has 12 heavy (non-hydrogen) atoms. The fraction of sp³-hybridized carbons (Fsp3) is 0.125. The molecule has 4 nitrogen and oxygen atoms in total. The van der Waals surface area contributed by atoms with Crippen LogP contribution in [0.1, 0.15) is 15.9 Å². The van der Waals surface area contributed by atoms with Crippen LogP contribution in [-0.2, 0) is 4.84 Å². The summed E-state index contributed by atoms with van der Waals surface area (Å²) in [5, 5.41) is 2.03. The molecule has 0 spiro atoms. The molecule has 0 atom stereocenters. The highest BCUT2D eigenvalue weighted by Crippen LogP contribution is 2.04. The Kier molecular flexibility index (Phi) is 2.53. The number of rotatable bonds is 2. The monoisotopic (exact) mass is 165 g/mol. The number of carbonyl (C=O) groups is 1. The van der Waals surface area contributed by atoms with E-state index in [1.54, 1.807) is 24.3 Å². The summed E-state index contributed by atoms with van der Waals surface area (Å²) in [5.74, 6) is -0.731. The highest BCUT2D eigenvalue weighted by molar-refractivity contribution is 5.89. The van der Waals surface area contributed by atoms with Gasteiger partial charge in [-0.25, -0.2) is 4.79 Å². The molecule has 1 aromatic carbocycles. The Morgan fingerprint density at radius 2 is 1.92 bits per heavy atom. The van der Waals surface area contributed by atoms with Crippen molar-refractivity contribution in [3.05, 3.63) is 40.3 Å². The van der Waals surface area contributed by atoms with E-state index in [1.165, 1.54) is 0 Å². The van der Waals surface area contributed by atoms with Crippen LogP contribution in [0.5, 0.6) is 0 Å². The molecular formula is C8H7NO3. The van der Waals surface area contributed by atoms with Gasteiger partial charge in [0.25, 0.3) is 0 Å². The van der Waals surface area contributed by atoms with Crippen molar-refractivity contribution < 1.29 is 9.63 Å². The first kappa shape index (κ1) is 8.39. The Labute approximate surface area is 69.1 Å². The van der Waals surface area contributed by atoms with Crippen LogP contribution in [-0.4, -0.2) is 5.97 Å². The predicted octanol–water partition coefficient (Wildman–Crippen LogP) is 1.83. The largest absolute Gasteiger partial charge is 0.369 e. The third-order valence-electron chi connectivity index (χ3n) is 1.41. The van der Waals surface area contributed by atoms with Crippen LogP contribution in [0.3, 0.4) is 0 Å². The Balaban J connectivity index is 2.82. The molecule has 0 saturated carbocycles. The SMILES string of the molecule is Cc1ccc(C(=O)ON=O)cc1. The maximum atomic E-state index is 10.8. The van der Waals surface area contributed by atoms with Crippen molar-refractivity contribution in [1.29, 1.82) is 0 Å². The van der Waals surface area contributed by atoms with E-state index in [4.69, 9.17) is 0 Å². The van der Waals surface area contributed by atoms with Gasteiger partial charge in [-0.05, 0) is 19.1 Å². The third kappa shape index (κ3) is 1.88. The molecule has 1 rings (SSSR count). The summed E-state index contributed by atoms with van der Waals surface area (Å²) in [7, 11) is 0. The molecule has 4 heteroatoms. The molecule has 62 valence electrons. The predicted molar refractivity (Wildman–Crippen MR) is 42.4 cm³/mol. The number of carbonyl (C=O) groups excluding carboxylic acids is 1. The summed E-state index contributed by atoms with van der Waals surface area (Å²) < 4.78 is 0. The van der Waals surface area contributed by atoms with Gasteiger partial charge < -0.3 is 0 Å². The number of aryl methyl sites for hydroxylation is 1. The first-order valence-electron chi connectivity index (χ1n) is 3.34. The van der Waals surface area contributed by atoms with E-state index in [9.17, 15) is 9.70 Å². The maximum absolute atomic E-state index is 10.8. The Bertz CT molecular complexity index is 292. The lowest BCUT2D eigenvalue weighted by molar-refractivity contribution is 0.0508. The summed E-state index contributed by atoms with van der Waals surface area (Å²) >= 11 is 0. The maximum Gasteiger partial charge on any atom is 0.369 e. The molecule has 0 aromatic heterocycles. The zero-order valence-corrected chi connectivity index (χ0v) is 6.48. The second-order valence-electron chi connectivity index (χ2n) is 2.32. The van der Waals surface area contributed by atoms with Crippen LogP contribution < -0.4 is 0 Å². The summed E-state index contributed by atoms with van der Waals surface area (Å²) in [6.07, 6.45) is 0. The lowest BCUT2D eigenvalue weighted by Crippen LogP contribution is -1.99. The average molecular weight is 165 g/mol. The van der Waals surface area contributed by atoms with Crippen molar-refractivity contribution in [2.45, 2.75) is 6.92 Å². The van der Waals surface area contributed by atoms with E-state index >= 15 is 0 Å². The summed E-state index contributed by atoms with van der Waals surface area (Å²) in [4.78, 5) is 24.3. The van der Waals surface area contributed by atoms with E-state index in [2.05, 4.69) is 4.84 Å². The lowest BCUT2D eigenvalue weighted by atomic mass is 10.2. The molecule has 0 aliphatic heterocycles. The van der Waals surface area contributed by atoms with Crippen molar-refractivity contribution in [2.75, 3.05) is 0 Å². The number of hydrogen-bond acceptors (Lipinski definition) is 4. The van der Waals surface area contributed by atoms with Gasteiger partial charge in [-0.15, -0.1) is 4.91 Å². The first-order valence-corrected chi connectivity index (χ1v) is 3.34. The van der Waals surface area contributed by atoms with Gasteiger partial charge in [0, 0.05) is 0 Å². The normalized spacial score (nSPS) is 9.08. The van der Waals surface area contributed by atoms with E-state index < -0.39 is 5.97 Å². The Hall–Kier alpha value is -1.71. The minimum Gasteiger partial charge on any atom is -0.279 e. The zero-order chi connectivity index (χ0) is 8.97. The fourth-order valence-corrected chi connectivity index (χ4v) is 0.776. The molecule has 0 amide bonds. The van der Waals surface area contributed by atoms with E-state index in [0.717, 1.165) is 5.56 Å². The summed E-state index contributed by atoms with van der Waals surface area (Å²) in [5.41, 5.74) is 1.35. The first-order chi connectivity index (χ1) is 5.74. The highest BCUT2D eigenvalue weighted by Gasteiger charge is 2.05. The molecule has 0 aliphatic rings. The molecule has 1 aromatic rings. The van der Waals surface area contributed by atoms with Crippen LogP contribution in [0.2, 0.25) is 0 Å². The summed E-state index contributed by atoms with van der Waals surface area (Å²) in [6.45, 7) is 1.90. The fourth-order valence-electron chi connectivity index (χ4n) is 0.776. The van der Waals surface area contributed by atoms with Crippen LogP contribution >= 0.6 is 0 Å². The van der Waals surface area contributed by atoms with Crippen molar-refractivity contribution in [3.63, 3.8) is 0 Å². The average Bonchev–Trinajstić information content (AvgIpc) is 2.06. The van der Waals surface area contributed by atoms with Crippen molar-refractivity contribution >= 4 is 5.97 Å². The quantitative estimate of drug-likeness (QED) is 0.496. The van der Waals surface area contributed by atoms with Gasteiger partial charge in [-0.2, -0.15) is 0 Å². The van der Waals surface area contributed by atoms with Gasteiger partial charge in [0.15, 0.2) is 5.34 Å². The second kappa shape index (κ2) is 3.61. The molecule has 0 heterocycles. The molecule has 0 radical (unpaired) electrons. The van der Waals surface area contributed by atoms with Crippen molar-refractivity contribution in [2.24, 2.45) is 5.34 Å². The van der Waals surface area contributed by atoms with E-state index in [-0.39, 0.29) is 0 Å². The van der Waals surface area contributed by atoms with E-state index in [1.807, 2.05) is 12.3 Å². The van der Waals surface area contributed by atoms with Gasteiger partial charge in [0.1, 0.15) is 0 Å². The van der Waals surface area contributed by atoms with Gasteiger partial charge in [0.2, 0.25) is 0 Å².